The molecule has 0 amide bonds. The Kier molecular flexibility index (Phi) is 4.74. The second-order valence-electron chi connectivity index (χ2n) is 6.88. The number of Topliss-reactive ketones (excluding diaryl/α,β-unsaturated/α-hetero) is 1. The van der Waals surface area contributed by atoms with Gasteiger partial charge in [-0.3, -0.25) is 9.59 Å². The number of aromatic nitrogens is 1. The van der Waals surface area contributed by atoms with Gasteiger partial charge in [0, 0.05) is 34.9 Å². The minimum absolute atomic E-state index is 0.102. The molecule has 0 spiro atoms. The van der Waals surface area contributed by atoms with Gasteiger partial charge in [0.2, 0.25) is 0 Å². The fourth-order valence-corrected chi connectivity index (χ4v) is 3.82. The smallest absolute Gasteiger partial charge is 0.313 e. The molecule has 1 heterocycles. The Hall–Kier alpha value is -3.34. The third kappa shape index (κ3) is 3.20. The molecule has 0 aliphatic heterocycles. The molecule has 0 saturated heterocycles. The third-order valence-electron chi connectivity index (χ3n) is 5.06. The lowest BCUT2D eigenvalue weighted by atomic mass is 9.98. The van der Waals surface area contributed by atoms with Gasteiger partial charge < -0.3 is 14.8 Å². The van der Waals surface area contributed by atoms with Gasteiger partial charge in [-0.1, -0.05) is 42.5 Å². The number of benzene rings is 2. The summed E-state index contributed by atoms with van der Waals surface area (Å²) in [5.41, 5.74) is 5.10. The number of aliphatic hydroxyl groups excluding tert-OH is 1. The SMILES string of the molecule is CCOC(=O)CC(=O)Cc1c(C2=C(O)c3ccccc3C2)[nH]c2ccccc12. The van der Waals surface area contributed by atoms with E-state index in [9.17, 15) is 14.7 Å². The van der Waals surface area contributed by atoms with E-state index in [-0.39, 0.29) is 31.0 Å². The van der Waals surface area contributed by atoms with Crippen LogP contribution in [0.4, 0.5) is 0 Å². The van der Waals surface area contributed by atoms with Crippen molar-refractivity contribution >= 4 is 34.0 Å². The van der Waals surface area contributed by atoms with E-state index in [0.29, 0.717) is 6.42 Å². The molecule has 3 aromatic rings. The predicted molar refractivity (Wildman–Crippen MR) is 108 cm³/mol. The fraction of sp³-hybridized carbons (Fsp3) is 0.217. The predicted octanol–water partition coefficient (Wildman–Crippen LogP) is 4.22. The number of para-hydroxylation sites is 1. The highest BCUT2D eigenvalue weighted by Gasteiger charge is 2.27. The van der Waals surface area contributed by atoms with E-state index in [1.165, 1.54) is 0 Å². The lowest BCUT2D eigenvalue weighted by Gasteiger charge is -2.07. The summed E-state index contributed by atoms with van der Waals surface area (Å²) in [5, 5.41) is 11.7. The molecule has 142 valence electrons. The molecule has 0 bridgehead atoms. The Morgan fingerprint density at radius 1 is 1.11 bits per heavy atom. The number of aliphatic hydroxyl groups is 1. The van der Waals surface area contributed by atoms with E-state index >= 15 is 0 Å². The summed E-state index contributed by atoms with van der Waals surface area (Å²) < 4.78 is 4.89. The molecule has 1 aliphatic carbocycles. The summed E-state index contributed by atoms with van der Waals surface area (Å²) in [6.07, 6.45) is 0.442. The number of H-pyrrole nitrogens is 1. The van der Waals surface area contributed by atoms with Gasteiger partial charge in [0.05, 0.1) is 12.3 Å². The fourth-order valence-electron chi connectivity index (χ4n) is 3.82. The van der Waals surface area contributed by atoms with E-state index < -0.39 is 5.97 Å². The van der Waals surface area contributed by atoms with Crippen LogP contribution in [0.5, 0.6) is 0 Å². The molecule has 4 rings (SSSR count). The minimum atomic E-state index is -0.510. The van der Waals surface area contributed by atoms with Crippen LogP contribution in [0.25, 0.3) is 22.2 Å². The first-order valence-electron chi connectivity index (χ1n) is 9.36. The zero-order chi connectivity index (χ0) is 19.7. The first kappa shape index (κ1) is 18.0. The first-order chi connectivity index (χ1) is 13.6. The minimum Gasteiger partial charge on any atom is -0.507 e. The molecule has 0 atom stereocenters. The average Bonchev–Trinajstić information content (AvgIpc) is 3.20. The molecule has 2 N–H and O–H groups in total. The molecule has 28 heavy (non-hydrogen) atoms. The molecule has 0 radical (unpaired) electrons. The van der Waals surface area contributed by atoms with Crippen LogP contribution in [0.15, 0.2) is 48.5 Å². The Balaban J connectivity index is 1.74. The summed E-state index contributed by atoms with van der Waals surface area (Å²) in [6, 6.07) is 15.5. The molecular weight excluding hydrogens is 354 g/mol. The van der Waals surface area contributed by atoms with Crippen LogP contribution in [0.3, 0.4) is 0 Å². The van der Waals surface area contributed by atoms with Crippen molar-refractivity contribution < 1.29 is 19.4 Å². The number of esters is 1. The molecular formula is C23H21NO4. The number of ether oxygens (including phenoxy) is 1. The van der Waals surface area contributed by atoms with Crippen molar-refractivity contribution in [2.75, 3.05) is 6.61 Å². The number of hydrogen-bond acceptors (Lipinski definition) is 4. The maximum absolute atomic E-state index is 12.5. The number of carbonyl (C=O) groups excluding carboxylic acids is 2. The highest BCUT2D eigenvalue weighted by molar-refractivity contribution is 6.02. The van der Waals surface area contributed by atoms with Crippen LogP contribution in [0.2, 0.25) is 0 Å². The van der Waals surface area contributed by atoms with Gasteiger partial charge in [-0.15, -0.1) is 0 Å². The van der Waals surface area contributed by atoms with Gasteiger partial charge in [0.1, 0.15) is 18.0 Å². The van der Waals surface area contributed by atoms with Crippen molar-refractivity contribution in [2.45, 2.75) is 26.2 Å². The van der Waals surface area contributed by atoms with E-state index in [0.717, 1.165) is 38.9 Å². The monoisotopic (exact) mass is 375 g/mol. The lowest BCUT2D eigenvalue weighted by Crippen LogP contribution is -2.13. The van der Waals surface area contributed by atoms with Gasteiger partial charge in [-0.2, -0.15) is 0 Å². The van der Waals surface area contributed by atoms with E-state index in [4.69, 9.17) is 4.74 Å². The molecule has 0 saturated carbocycles. The summed E-state index contributed by atoms with van der Waals surface area (Å²) in [6.45, 7) is 1.97. The average molecular weight is 375 g/mol. The van der Waals surface area contributed by atoms with Crippen LogP contribution >= 0.6 is 0 Å². The molecule has 5 nitrogen and oxygen atoms in total. The summed E-state index contributed by atoms with van der Waals surface area (Å²) in [7, 11) is 0. The van der Waals surface area contributed by atoms with Crippen molar-refractivity contribution in [3.63, 3.8) is 0 Å². The lowest BCUT2D eigenvalue weighted by molar-refractivity contribution is -0.145. The van der Waals surface area contributed by atoms with E-state index in [1.54, 1.807) is 6.92 Å². The number of nitrogens with one attached hydrogen (secondary N) is 1. The van der Waals surface area contributed by atoms with Crippen molar-refractivity contribution in [3.05, 3.63) is 70.9 Å². The van der Waals surface area contributed by atoms with Crippen molar-refractivity contribution in [1.29, 1.82) is 0 Å². The van der Waals surface area contributed by atoms with Crippen molar-refractivity contribution in [3.8, 4) is 0 Å². The van der Waals surface area contributed by atoms with Gasteiger partial charge in [-0.25, -0.2) is 0 Å². The van der Waals surface area contributed by atoms with Crippen molar-refractivity contribution in [1.82, 2.24) is 4.98 Å². The van der Waals surface area contributed by atoms with E-state index in [1.807, 2.05) is 48.5 Å². The summed E-state index contributed by atoms with van der Waals surface area (Å²) in [4.78, 5) is 27.6. The maximum Gasteiger partial charge on any atom is 0.313 e. The highest BCUT2D eigenvalue weighted by atomic mass is 16.5. The van der Waals surface area contributed by atoms with Gasteiger partial charge >= 0.3 is 5.97 Å². The quantitative estimate of drug-likeness (QED) is 0.499. The van der Waals surface area contributed by atoms with Gasteiger partial charge in [-0.05, 0) is 24.1 Å². The zero-order valence-electron chi connectivity index (χ0n) is 15.6. The van der Waals surface area contributed by atoms with Gasteiger partial charge in [0.25, 0.3) is 0 Å². The topological polar surface area (TPSA) is 79.4 Å². The summed E-state index contributed by atoms with van der Waals surface area (Å²) in [5.74, 6) is -0.481. The molecule has 0 fully saturated rings. The highest BCUT2D eigenvalue weighted by Crippen LogP contribution is 2.39. The number of carbonyl (C=O) groups is 2. The van der Waals surface area contributed by atoms with Crippen LogP contribution in [-0.4, -0.2) is 28.4 Å². The Bertz CT molecular complexity index is 1110. The maximum atomic E-state index is 12.5. The number of allylic oxidation sites excluding steroid dienone is 1. The number of aromatic amines is 1. The second kappa shape index (κ2) is 7.35. The van der Waals surface area contributed by atoms with E-state index in [2.05, 4.69) is 4.98 Å². The van der Waals surface area contributed by atoms with Crippen LogP contribution in [-0.2, 0) is 27.2 Å². The molecule has 1 aliphatic rings. The molecule has 1 aromatic heterocycles. The first-order valence-corrected chi connectivity index (χ1v) is 9.36. The van der Waals surface area contributed by atoms with Crippen LogP contribution < -0.4 is 0 Å². The second-order valence-corrected chi connectivity index (χ2v) is 6.88. The molecule has 2 aromatic carbocycles. The van der Waals surface area contributed by atoms with Crippen LogP contribution in [0.1, 0.15) is 35.7 Å². The van der Waals surface area contributed by atoms with Crippen LogP contribution in [0, 0.1) is 0 Å². The zero-order valence-corrected chi connectivity index (χ0v) is 15.6. The third-order valence-corrected chi connectivity index (χ3v) is 5.06. The standard InChI is InChI=1S/C23H21NO4/c1-2-28-21(26)13-15(25)12-18-17-9-5-6-10-20(17)24-22(18)19-11-14-7-3-4-8-16(14)23(19)27/h3-10,24,27H,2,11-13H2,1H3. The number of hydrogen-bond donors (Lipinski definition) is 2. The number of ketones is 1. The molecule has 0 unspecified atom stereocenters. The Morgan fingerprint density at radius 2 is 1.86 bits per heavy atom. The van der Waals surface area contributed by atoms with Gasteiger partial charge in [0.15, 0.2) is 0 Å². The summed E-state index contributed by atoms with van der Waals surface area (Å²) >= 11 is 0. The normalized spacial score (nSPS) is 13.0. The largest absolute Gasteiger partial charge is 0.507 e. The number of fused-ring (bicyclic) bond motifs is 2. The Labute approximate surface area is 162 Å². The molecule has 5 heteroatoms. The number of rotatable bonds is 6. The van der Waals surface area contributed by atoms with Crippen molar-refractivity contribution in [2.24, 2.45) is 0 Å². The Morgan fingerprint density at radius 3 is 2.64 bits per heavy atom.